The monoisotopic (exact) mass is 595 g/mol. The first-order chi connectivity index (χ1) is 20.7. The maximum Gasteiger partial charge on any atom is 0.272 e. The molecule has 4 aromatic rings. The second kappa shape index (κ2) is 14.7. The van der Waals surface area contributed by atoms with E-state index in [1.165, 1.54) is 43.0 Å². The molecule has 0 radical (unpaired) electrons. The summed E-state index contributed by atoms with van der Waals surface area (Å²) in [4.78, 5) is 51.5. The molecule has 0 bridgehead atoms. The van der Waals surface area contributed by atoms with Crippen LogP contribution in [0.1, 0.15) is 46.5 Å². The number of hydrogen-bond acceptors (Lipinski definition) is 5. The number of anilines is 2. The second-order valence-electron chi connectivity index (χ2n) is 9.52. The molecule has 0 spiro atoms. The van der Waals surface area contributed by atoms with E-state index in [0.29, 0.717) is 28.9 Å². The SMILES string of the molecule is CCC(Sc1cccc(NC(=O)/C(=C/c2ccccc2F)NC(=O)c2ccccc2)c1)C(=O)Nc1ccc(C(C)=O)cc1. The van der Waals surface area contributed by atoms with Gasteiger partial charge in [-0.2, -0.15) is 0 Å². The van der Waals surface area contributed by atoms with E-state index in [4.69, 9.17) is 0 Å². The van der Waals surface area contributed by atoms with Crippen molar-refractivity contribution in [2.45, 2.75) is 30.4 Å². The van der Waals surface area contributed by atoms with Gasteiger partial charge in [0, 0.05) is 33.0 Å². The zero-order valence-corrected chi connectivity index (χ0v) is 24.4. The van der Waals surface area contributed by atoms with E-state index in [1.54, 1.807) is 78.9 Å². The Balaban J connectivity index is 1.49. The molecule has 43 heavy (non-hydrogen) atoms. The van der Waals surface area contributed by atoms with Gasteiger partial charge in [0.05, 0.1) is 5.25 Å². The minimum atomic E-state index is -0.645. The maximum atomic E-state index is 14.4. The van der Waals surface area contributed by atoms with Crippen LogP contribution < -0.4 is 16.0 Å². The third kappa shape index (κ3) is 8.73. The number of rotatable bonds is 11. The third-order valence-corrected chi connectivity index (χ3v) is 7.68. The lowest BCUT2D eigenvalue weighted by molar-refractivity contribution is -0.116. The van der Waals surface area contributed by atoms with Crippen molar-refractivity contribution in [3.8, 4) is 0 Å². The normalized spacial score (nSPS) is 11.7. The molecular formula is C34H30FN3O4S. The summed E-state index contributed by atoms with van der Waals surface area (Å²) in [6, 6.07) is 28.0. The summed E-state index contributed by atoms with van der Waals surface area (Å²) >= 11 is 1.33. The molecule has 4 rings (SSSR count). The average molecular weight is 596 g/mol. The van der Waals surface area contributed by atoms with Crippen LogP contribution in [0.2, 0.25) is 0 Å². The number of Topliss-reactive ketones (excluding diaryl/α,β-unsaturated/α-hetero) is 1. The Bertz CT molecular complexity index is 1660. The predicted molar refractivity (Wildman–Crippen MR) is 168 cm³/mol. The van der Waals surface area contributed by atoms with Crippen LogP contribution in [0.4, 0.5) is 15.8 Å². The number of benzene rings is 4. The molecule has 0 aliphatic carbocycles. The van der Waals surface area contributed by atoms with Crippen LogP contribution in [-0.2, 0) is 9.59 Å². The van der Waals surface area contributed by atoms with E-state index >= 15 is 0 Å². The van der Waals surface area contributed by atoms with E-state index in [-0.39, 0.29) is 23.0 Å². The van der Waals surface area contributed by atoms with Gasteiger partial charge in [-0.15, -0.1) is 11.8 Å². The van der Waals surface area contributed by atoms with Crippen LogP contribution in [0, 0.1) is 5.82 Å². The fourth-order valence-corrected chi connectivity index (χ4v) is 5.05. The Kier molecular flexibility index (Phi) is 10.6. The molecule has 0 saturated heterocycles. The van der Waals surface area contributed by atoms with Gasteiger partial charge in [-0.05, 0) is 80.1 Å². The Morgan fingerprint density at radius 1 is 0.791 bits per heavy atom. The van der Waals surface area contributed by atoms with Crippen LogP contribution in [0.3, 0.4) is 0 Å². The summed E-state index contributed by atoms with van der Waals surface area (Å²) < 4.78 is 14.4. The highest BCUT2D eigenvalue weighted by atomic mass is 32.2. The lowest BCUT2D eigenvalue weighted by Crippen LogP contribution is -2.30. The number of nitrogens with one attached hydrogen (secondary N) is 3. The van der Waals surface area contributed by atoms with Gasteiger partial charge in [0.15, 0.2) is 5.78 Å². The molecular weight excluding hydrogens is 565 g/mol. The molecule has 4 aromatic carbocycles. The summed E-state index contributed by atoms with van der Waals surface area (Å²) in [5.41, 5.74) is 1.91. The molecule has 0 fully saturated rings. The van der Waals surface area contributed by atoms with Gasteiger partial charge in [0.1, 0.15) is 11.5 Å². The lowest BCUT2D eigenvalue weighted by Gasteiger charge is -2.16. The first kappa shape index (κ1) is 30.9. The Labute approximate surface area is 253 Å². The molecule has 0 aliphatic rings. The highest BCUT2D eigenvalue weighted by Gasteiger charge is 2.20. The molecule has 0 aliphatic heterocycles. The Morgan fingerprint density at radius 3 is 2.16 bits per heavy atom. The van der Waals surface area contributed by atoms with Crippen LogP contribution in [0.25, 0.3) is 6.08 Å². The fraction of sp³-hybridized carbons (Fsp3) is 0.118. The fourth-order valence-electron chi connectivity index (χ4n) is 4.03. The topological polar surface area (TPSA) is 104 Å². The van der Waals surface area contributed by atoms with Gasteiger partial charge in [0.2, 0.25) is 5.91 Å². The van der Waals surface area contributed by atoms with Crippen molar-refractivity contribution in [3.05, 3.63) is 131 Å². The molecule has 0 heterocycles. The van der Waals surface area contributed by atoms with Crippen molar-refractivity contribution < 1.29 is 23.6 Å². The van der Waals surface area contributed by atoms with Crippen LogP contribution >= 0.6 is 11.8 Å². The van der Waals surface area contributed by atoms with Crippen LogP contribution in [0.5, 0.6) is 0 Å². The van der Waals surface area contributed by atoms with Gasteiger partial charge in [-0.25, -0.2) is 4.39 Å². The van der Waals surface area contributed by atoms with Gasteiger partial charge >= 0.3 is 0 Å². The number of hydrogen-bond donors (Lipinski definition) is 3. The first-order valence-corrected chi connectivity index (χ1v) is 14.4. The van der Waals surface area contributed by atoms with Crippen molar-refractivity contribution in [3.63, 3.8) is 0 Å². The Hall–Kier alpha value is -5.02. The predicted octanol–water partition coefficient (Wildman–Crippen LogP) is 6.95. The molecule has 218 valence electrons. The molecule has 1 atom stereocenters. The molecule has 3 amide bonds. The number of amides is 3. The van der Waals surface area contributed by atoms with E-state index in [1.807, 2.05) is 13.0 Å². The number of ketones is 1. The number of carbonyl (C=O) groups excluding carboxylic acids is 4. The van der Waals surface area contributed by atoms with E-state index in [2.05, 4.69) is 16.0 Å². The van der Waals surface area contributed by atoms with Gasteiger partial charge in [-0.3, -0.25) is 19.2 Å². The van der Waals surface area contributed by atoms with Crippen LogP contribution in [-0.4, -0.2) is 28.8 Å². The maximum absolute atomic E-state index is 14.4. The molecule has 9 heteroatoms. The average Bonchev–Trinajstić information content (AvgIpc) is 3.01. The lowest BCUT2D eigenvalue weighted by atomic mass is 10.1. The first-order valence-electron chi connectivity index (χ1n) is 13.6. The third-order valence-electron chi connectivity index (χ3n) is 6.33. The summed E-state index contributed by atoms with van der Waals surface area (Å²) in [5, 5.41) is 7.82. The summed E-state index contributed by atoms with van der Waals surface area (Å²) in [6.45, 7) is 3.38. The van der Waals surface area contributed by atoms with Crippen molar-refractivity contribution in [1.82, 2.24) is 5.32 Å². The number of halogens is 1. The largest absolute Gasteiger partial charge is 0.325 e. The minimum Gasteiger partial charge on any atom is -0.325 e. The van der Waals surface area contributed by atoms with Crippen molar-refractivity contribution in [1.29, 1.82) is 0 Å². The summed E-state index contributed by atoms with van der Waals surface area (Å²) in [5.74, 6) is -1.96. The zero-order chi connectivity index (χ0) is 30.8. The van der Waals surface area contributed by atoms with Crippen molar-refractivity contribution in [2.75, 3.05) is 10.6 Å². The summed E-state index contributed by atoms with van der Waals surface area (Å²) in [7, 11) is 0. The standard InChI is InChI=1S/C34H30FN3O4S/c1-3-31(34(42)36-26-18-16-23(17-19-26)22(2)39)43-28-14-9-13-27(21-28)37-33(41)30(20-25-12-7-8-15-29(25)35)38-32(40)24-10-5-4-6-11-24/h4-21,31H,3H2,1-2H3,(H,36,42)(H,37,41)(H,38,40)/b30-20-. The van der Waals surface area contributed by atoms with Crippen molar-refractivity contribution >= 4 is 52.7 Å². The van der Waals surface area contributed by atoms with Gasteiger partial charge < -0.3 is 16.0 Å². The second-order valence-corrected chi connectivity index (χ2v) is 10.8. The number of thioether (sulfide) groups is 1. The molecule has 7 nitrogen and oxygen atoms in total. The van der Waals surface area contributed by atoms with Crippen molar-refractivity contribution in [2.24, 2.45) is 0 Å². The molecule has 1 unspecified atom stereocenters. The van der Waals surface area contributed by atoms with E-state index in [0.717, 1.165) is 4.90 Å². The minimum absolute atomic E-state index is 0.0553. The Morgan fingerprint density at radius 2 is 1.49 bits per heavy atom. The van der Waals surface area contributed by atoms with Crippen LogP contribution in [0.15, 0.2) is 114 Å². The molecule has 3 N–H and O–H groups in total. The quantitative estimate of drug-likeness (QED) is 0.0989. The smallest absolute Gasteiger partial charge is 0.272 e. The van der Waals surface area contributed by atoms with Gasteiger partial charge in [-0.1, -0.05) is 49.4 Å². The van der Waals surface area contributed by atoms with Gasteiger partial charge in [0.25, 0.3) is 11.8 Å². The summed E-state index contributed by atoms with van der Waals surface area (Å²) in [6.07, 6.45) is 1.82. The van der Waals surface area contributed by atoms with E-state index in [9.17, 15) is 23.6 Å². The van der Waals surface area contributed by atoms with E-state index < -0.39 is 22.9 Å². The highest BCUT2D eigenvalue weighted by molar-refractivity contribution is 8.00. The number of carbonyl (C=O) groups is 4. The highest BCUT2D eigenvalue weighted by Crippen LogP contribution is 2.29. The molecule has 0 saturated carbocycles. The molecule has 0 aromatic heterocycles. The zero-order valence-electron chi connectivity index (χ0n) is 23.6.